The number of ether oxygens (including phenoxy) is 1. The molecule has 4 atom stereocenters. The van der Waals surface area contributed by atoms with Gasteiger partial charge in [0.25, 0.3) is 0 Å². The minimum atomic E-state index is -0.985. The third kappa shape index (κ3) is 3.20. The number of rotatable bonds is 3. The summed E-state index contributed by atoms with van der Waals surface area (Å²) in [6.45, 7) is 4.93. The summed E-state index contributed by atoms with van der Waals surface area (Å²) >= 11 is 0. The molecule has 18 heavy (non-hydrogen) atoms. The van der Waals surface area contributed by atoms with E-state index in [4.69, 9.17) is 9.84 Å². The van der Waals surface area contributed by atoms with Gasteiger partial charge in [0.2, 0.25) is 0 Å². The molecule has 0 radical (unpaired) electrons. The van der Waals surface area contributed by atoms with E-state index in [1.807, 2.05) is 0 Å². The quantitative estimate of drug-likeness (QED) is 0.543. The van der Waals surface area contributed by atoms with Gasteiger partial charge in [0.15, 0.2) is 0 Å². The molecule has 106 valence electrons. The molecule has 3 N–H and O–H groups in total. The van der Waals surface area contributed by atoms with Crippen molar-refractivity contribution in [2.24, 2.45) is 5.92 Å². The molecule has 0 aliphatic carbocycles. The number of likely N-dealkylation sites (N-methyl/N-ethyl adjacent to an activating group) is 1. The fourth-order valence-electron chi connectivity index (χ4n) is 2.63. The number of aliphatic hydroxyl groups is 3. The number of aliphatic hydroxyl groups excluding tert-OH is 3. The normalized spacial score (nSPS) is 40.0. The molecule has 2 aliphatic heterocycles. The molecule has 2 aliphatic rings. The first kappa shape index (κ1) is 14.2. The van der Waals surface area contributed by atoms with Gasteiger partial charge in [-0.25, -0.2) is 0 Å². The number of hydrogen-bond donors (Lipinski definition) is 3. The molecule has 6 nitrogen and oxygen atoms in total. The monoisotopic (exact) mass is 260 g/mol. The second-order valence-corrected chi connectivity index (χ2v) is 5.40. The van der Waals surface area contributed by atoms with Crippen molar-refractivity contribution in [2.45, 2.75) is 18.3 Å². The van der Waals surface area contributed by atoms with Crippen LogP contribution in [0.5, 0.6) is 0 Å². The number of piperazine rings is 1. The molecule has 4 unspecified atom stereocenters. The Morgan fingerprint density at radius 1 is 1.11 bits per heavy atom. The molecule has 0 aromatic carbocycles. The van der Waals surface area contributed by atoms with E-state index in [9.17, 15) is 10.2 Å². The van der Waals surface area contributed by atoms with Crippen molar-refractivity contribution >= 4 is 0 Å². The lowest BCUT2D eigenvalue weighted by Crippen LogP contribution is -2.55. The SMILES string of the molecule is CN1CCN(CC2COC(CO)C(O)C2O)CC1. The van der Waals surface area contributed by atoms with Crippen LogP contribution in [0.15, 0.2) is 0 Å². The van der Waals surface area contributed by atoms with Gasteiger partial charge in [-0.05, 0) is 7.05 Å². The van der Waals surface area contributed by atoms with Crippen molar-refractivity contribution in [3.05, 3.63) is 0 Å². The zero-order valence-electron chi connectivity index (χ0n) is 10.9. The zero-order valence-corrected chi connectivity index (χ0v) is 10.9. The van der Waals surface area contributed by atoms with Crippen molar-refractivity contribution < 1.29 is 20.1 Å². The van der Waals surface area contributed by atoms with Gasteiger partial charge in [-0.1, -0.05) is 0 Å². The first-order chi connectivity index (χ1) is 8.61. The van der Waals surface area contributed by atoms with Crippen LogP contribution >= 0.6 is 0 Å². The highest BCUT2D eigenvalue weighted by Gasteiger charge is 2.38. The van der Waals surface area contributed by atoms with E-state index in [0.29, 0.717) is 6.61 Å². The van der Waals surface area contributed by atoms with Crippen LogP contribution in [0.1, 0.15) is 0 Å². The molecule has 0 aromatic heterocycles. The van der Waals surface area contributed by atoms with E-state index in [-0.39, 0.29) is 12.5 Å². The number of hydrogen-bond acceptors (Lipinski definition) is 6. The Morgan fingerprint density at radius 2 is 1.78 bits per heavy atom. The highest BCUT2D eigenvalue weighted by molar-refractivity contribution is 4.88. The highest BCUT2D eigenvalue weighted by Crippen LogP contribution is 2.21. The first-order valence-electron chi connectivity index (χ1n) is 6.61. The third-order valence-electron chi connectivity index (χ3n) is 4.01. The average molecular weight is 260 g/mol. The lowest BCUT2D eigenvalue weighted by atomic mass is 9.92. The third-order valence-corrected chi connectivity index (χ3v) is 4.01. The molecule has 2 saturated heterocycles. The van der Waals surface area contributed by atoms with E-state index in [0.717, 1.165) is 32.7 Å². The van der Waals surface area contributed by atoms with E-state index < -0.39 is 18.3 Å². The van der Waals surface area contributed by atoms with E-state index >= 15 is 0 Å². The topological polar surface area (TPSA) is 76.4 Å². The molecule has 2 fully saturated rings. The van der Waals surface area contributed by atoms with Crippen LogP contribution in [0.4, 0.5) is 0 Å². The minimum absolute atomic E-state index is 0.0776. The van der Waals surface area contributed by atoms with Crippen molar-refractivity contribution in [1.82, 2.24) is 9.80 Å². The van der Waals surface area contributed by atoms with Gasteiger partial charge in [-0.3, -0.25) is 0 Å². The predicted molar refractivity (Wildman–Crippen MR) is 66.3 cm³/mol. The van der Waals surface area contributed by atoms with Gasteiger partial charge >= 0.3 is 0 Å². The van der Waals surface area contributed by atoms with Gasteiger partial charge in [0, 0.05) is 38.6 Å². The fourth-order valence-corrected chi connectivity index (χ4v) is 2.63. The zero-order chi connectivity index (χ0) is 13.1. The van der Waals surface area contributed by atoms with E-state index in [1.54, 1.807) is 0 Å². The van der Waals surface area contributed by atoms with Gasteiger partial charge in [-0.15, -0.1) is 0 Å². The Balaban J connectivity index is 1.83. The van der Waals surface area contributed by atoms with Crippen LogP contribution in [0.2, 0.25) is 0 Å². The first-order valence-corrected chi connectivity index (χ1v) is 6.61. The van der Waals surface area contributed by atoms with Crippen LogP contribution in [0.25, 0.3) is 0 Å². The van der Waals surface area contributed by atoms with Crippen molar-refractivity contribution in [1.29, 1.82) is 0 Å². The molecule has 6 heteroatoms. The Kier molecular flexibility index (Phi) is 4.94. The van der Waals surface area contributed by atoms with Gasteiger partial charge < -0.3 is 29.9 Å². The fraction of sp³-hybridized carbons (Fsp3) is 1.00. The smallest absolute Gasteiger partial charge is 0.109 e. The van der Waals surface area contributed by atoms with E-state index in [1.165, 1.54) is 0 Å². The summed E-state index contributed by atoms with van der Waals surface area (Å²) in [5.41, 5.74) is 0. The molecule has 2 rings (SSSR count). The second-order valence-electron chi connectivity index (χ2n) is 5.40. The minimum Gasteiger partial charge on any atom is -0.394 e. The Hall–Kier alpha value is -0.240. The van der Waals surface area contributed by atoms with E-state index in [2.05, 4.69) is 16.8 Å². The average Bonchev–Trinajstić information content (AvgIpc) is 2.38. The molecule has 0 amide bonds. The van der Waals surface area contributed by atoms with Gasteiger partial charge in [-0.2, -0.15) is 0 Å². The summed E-state index contributed by atoms with van der Waals surface area (Å²) < 4.78 is 5.39. The van der Waals surface area contributed by atoms with Crippen LogP contribution < -0.4 is 0 Å². The van der Waals surface area contributed by atoms with Crippen molar-refractivity contribution in [3.8, 4) is 0 Å². The van der Waals surface area contributed by atoms with Crippen LogP contribution in [0.3, 0.4) is 0 Å². The molecule has 0 bridgehead atoms. The maximum Gasteiger partial charge on any atom is 0.109 e. The van der Waals surface area contributed by atoms with Crippen molar-refractivity contribution in [2.75, 3.05) is 53.0 Å². The van der Waals surface area contributed by atoms with Crippen LogP contribution in [-0.2, 0) is 4.74 Å². The molecular weight excluding hydrogens is 236 g/mol. The summed E-state index contributed by atoms with van der Waals surface area (Å²) in [7, 11) is 2.10. The Bertz CT molecular complexity index is 258. The molecule has 0 spiro atoms. The Morgan fingerprint density at radius 3 is 2.39 bits per heavy atom. The largest absolute Gasteiger partial charge is 0.394 e. The molecule has 2 heterocycles. The predicted octanol–water partition coefficient (Wildman–Crippen LogP) is -2.04. The maximum atomic E-state index is 10.0. The van der Waals surface area contributed by atoms with Gasteiger partial charge in [0.1, 0.15) is 12.2 Å². The summed E-state index contributed by atoms with van der Waals surface area (Å²) in [5, 5.41) is 28.9. The van der Waals surface area contributed by atoms with Crippen LogP contribution in [-0.4, -0.2) is 96.4 Å². The van der Waals surface area contributed by atoms with Gasteiger partial charge in [0.05, 0.1) is 19.3 Å². The molecule has 0 saturated carbocycles. The molecular formula is C12H24N2O4. The van der Waals surface area contributed by atoms with Crippen molar-refractivity contribution in [3.63, 3.8) is 0 Å². The highest BCUT2D eigenvalue weighted by atomic mass is 16.5. The number of nitrogens with zero attached hydrogens (tertiary/aromatic N) is 2. The van der Waals surface area contributed by atoms with Crippen LogP contribution in [0, 0.1) is 5.92 Å². The Labute approximate surface area is 108 Å². The maximum absolute atomic E-state index is 10.0. The second kappa shape index (κ2) is 6.27. The summed E-state index contributed by atoms with van der Waals surface area (Å²) in [5.74, 6) is -0.0776. The standard InChI is InChI=1S/C12H24N2O4/c1-13-2-4-14(5-3-13)6-9-8-18-10(7-15)12(17)11(9)16/h9-12,15-17H,2-8H2,1H3. The molecule has 0 aromatic rings. The summed E-state index contributed by atoms with van der Waals surface area (Å²) in [6.07, 6.45) is -2.44. The lowest BCUT2D eigenvalue weighted by Gasteiger charge is -2.40. The lowest BCUT2D eigenvalue weighted by molar-refractivity contribution is -0.178. The summed E-state index contributed by atoms with van der Waals surface area (Å²) in [6, 6.07) is 0. The summed E-state index contributed by atoms with van der Waals surface area (Å²) in [4.78, 5) is 4.57.